The summed E-state index contributed by atoms with van der Waals surface area (Å²) in [7, 11) is 2.17. The molecule has 0 bridgehead atoms. The van der Waals surface area contributed by atoms with Gasteiger partial charge in [-0.25, -0.2) is 0 Å². The van der Waals surface area contributed by atoms with Crippen LogP contribution in [0.5, 0.6) is 0 Å². The molecular weight excluding hydrogens is 198 g/mol. The third-order valence-electron chi connectivity index (χ3n) is 3.98. The van der Waals surface area contributed by atoms with Gasteiger partial charge in [0.25, 0.3) is 0 Å². The van der Waals surface area contributed by atoms with Crippen molar-refractivity contribution >= 4 is 0 Å². The van der Waals surface area contributed by atoms with Crippen molar-refractivity contribution in [1.82, 2.24) is 4.90 Å². The zero-order chi connectivity index (χ0) is 12.0. The minimum absolute atomic E-state index is 0.297. The number of hydrogen-bond acceptors (Lipinski definition) is 3. The van der Waals surface area contributed by atoms with Crippen LogP contribution in [0.1, 0.15) is 45.4 Å². The maximum absolute atomic E-state index is 8.63. The van der Waals surface area contributed by atoms with E-state index in [4.69, 9.17) is 11.0 Å². The summed E-state index contributed by atoms with van der Waals surface area (Å²) in [6.45, 7) is 3.25. The van der Waals surface area contributed by atoms with Crippen molar-refractivity contribution in [2.75, 3.05) is 13.6 Å². The summed E-state index contributed by atoms with van der Waals surface area (Å²) in [6, 6.07) is 2.51. The molecular formula is C13H25N3. The molecule has 1 unspecified atom stereocenters. The maximum atomic E-state index is 8.63. The standard InChI is InChI=1S/C13H25N3/c1-3-11-4-6-13(7-5-11)16(2)9-8-12(15)10-14/h11-13H,3-9,15H2,1-2H3. The lowest BCUT2D eigenvalue weighted by Gasteiger charge is -2.34. The van der Waals surface area contributed by atoms with Gasteiger partial charge < -0.3 is 10.6 Å². The van der Waals surface area contributed by atoms with E-state index in [9.17, 15) is 0 Å². The third kappa shape index (κ3) is 4.11. The van der Waals surface area contributed by atoms with E-state index in [2.05, 4.69) is 24.9 Å². The van der Waals surface area contributed by atoms with Gasteiger partial charge in [-0.05, 0) is 45.1 Å². The lowest BCUT2D eigenvalue weighted by atomic mass is 9.84. The smallest absolute Gasteiger partial charge is 0.0940 e. The first-order valence-corrected chi connectivity index (χ1v) is 6.52. The number of hydrogen-bond donors (Lipinski definition) is 1. The van der Waals surface area contributed by atoms with Crippen LogP contribution in [0.3, 0.4) is 0 Å². The fourth-order valence-electron chi connectivity index (χ4n) is 2.58. The van der Waals surface area contributed by atoms with Crippen LogP contribution in [0.2, 0.25) is 0 Å². The molecule has 1 saturated carbocycles. The van der Waals surface area contributed by atoms with Gasteiger partial charge >= 0.3 is 0 Å². The molecule has 16 heavy (non-hydrogen) atoms. The Morgan fingerprint density at radius 3 is 2.50 bits per heavy atom. The Kier molecular flexibility index (Phi) is 5.79. The largest absolute Gasteiger partial charge is 0.316 e. The SMILES string of the molecule is CCC1CCC(N(C)CCC(N)C#N)CC1. The molecule has 3 heteroatoms. The van der Waals surface area contributed by atoms with Crippen LogP contribution in [0, 0.1) is 17.2 Å². The predicted molar refractivity (Wildman–Crippen MR) is 66.9 cm³/mol. The minimum Gasteiger partial charge on any atom is -0.316 e. The van der Waals surface area contributed by atoms with Crippen molar-refractivity contribution in [3.05, 3.63) is 0 Å². The van der Waals surface area contributed by atoms with Gasteiger partial charge in [0.15, 0.2) is 0 Å². The fraction of sp³-hybridized carbons (Fsp3) is 0.923. The van der Waals surface area contributed by atoms with E-state index < -0.39 is 0 Å². The molecule has 0 aliphatic heterocycles. The highest BCUT2D eigenvalue weighted by Crippen LogP contribution is 2.28. The molecule has 2 N–H and O–H groups in total. The average Bonchev–Trinajstić information content (AvgIpc) is 2.35. The highest BCUT2D eigenvalue weighted by atomic mass is 15.1. The monoisotopic (exact) mass is 223 g/mol. The molecule has 3 nitrogen and oxygen atoms in total. The Morgan fingerprint density at radius 2 is 2.00 bits per heavy atom. The highest BCUT2D eigenvalue weighted by molar-refractivity contribution is 4.87. The molecule has 0 radical (unpaired) electrons. The van der Waals surface area contributed by atoms with Crippen LogP contribution in [0.25, 0.3) is 0 Å². The maximum Gasteiger partial charge on any atom is 0.0940 e. The molecule has 1 fully saturated rings. The van der Waals surface area contributed by atoms with Crippen LogP contribution in [-0.2, 0) is 0 Å². The number of rotatable bonds is 5. The minimum atomic E-state index is -0.297. The summed E-state index contributed by atoms with van der Waals surface area (Å²) in [5, 5.41) is 8.63. The zero-order valence-corrected chi connectivity index (χ0v) is 10.7. The van der Waals surface area contributed by atoms with E-state index in [1.54, 1.807) is 0 Å². The van der Waals surface area contributed by atoms with E-state index >= 15 is 0 Å². The molecule has 1 aliphatic carbocycles. The van der Waals surface area contributed by atoms with E-state index in [0.29, 0.717) is 6.04 Å². The van der Waals surface area contributed by atoms with Crippen molar-refractivity contribution in [2.24, 2.45) is 11.7 Å². The average molecular weight is 223 g/mol. The number of nitrogens with zero attached hydrogens (tertiary/aromatic N) is 2. The van der Waals surface area contributed by atoms with Gasteiger partial charge in [-0.1, -0.05) is 13.3 Å². The Bertz CT molecular complexity index is 226. The molecule has 92 valence electrons. The van der Waals surface area contributed by atoms with Crippen LogP contribution >= 0.6 is 0 Å². The van der Waals surface area contributed by atoms with Crippen molar-refractivity contribution in [3.8, 4) is 6.07 Å². The molecule has 0 saturated heterocycles. The van der Waals surface area contributed by atoms with Crippen molar-refractivity contribution in [3.63, 3.8) is 0 Å². The second-order valence-corrected chi connectivity index (χ2v) is 5.09. The second-order valence-electron chi connectivity index (χ2n) is 5.09. The molecule has 0 aromatic carbocycles. The van der Waals surface area contributed by atoms with Gasteiger partial charge in [-0.15, -0.1) is 0 Å². The summed E-state index contributed by atoms with van der Waals surface area (Å²) < 4.78 is 0. The van der Waals surface area contributed by atoms with Crippen LogP contribution < -0.4 is 5.73 Å². The molecule has 1 aliphatic rings. The Hall–Kier alpha value is -0.590. The van der Waals surface area contributed by atoms with Crippen molar-refractivity contribution in [2.45, 2.75) is 57.5 Å². The van der Waals surface area contributed by atoms with E-state index in [-0.39, 0.29) is 6.04 Å². The van der Waals surface area contributed by atoms with Gasteiger partial charge in [0, 0.05) is 12.6 Å². The lowest BCUT2D eigenvalue weighted by Crippen LogP contribution is -2.37. The Morgan fingerprint density at radius 1 is 1.38 bits per heavy atom. The van der Waals surface area contributed by atoms with E-state index in [1.807, 2.05) is 0 Å². The van der Waals surface area contributed by atoms with Crippen molar-refractivity contribution < 1.29 is 0 Å². The summed E-state index contributed by atoms with van der Waals surface area (Å²) in [5.74, 6) is 0.950. The summed E-state index contributed by atoms with van der Waals surface area (Å²) in [4.78, 5) is 2.39. The first-order chi connectivity index (χ1) is 7.67. The van der Waals surface area contributed by atoms with Gasteiger partial charge in [-0.2, -0.15) is 5.26 Å². The summed E-state index contributed by atoms with van der Waals surface area (Å²) in [6.07, 6.45) is 7.50. The Balaban J connectivity index is 2.23. The van der Waals surface area contributed by atoms with Gasteiger partial charge in [0.05, 0.1) is 12.1 Å². The molecule has 0 aromatic heterocycles. The normalized spacial score (nSPS) is 27.7. The molecule has 0 amide bonds. The van der Waals surface area contributed by atoms with Gasteiger partial charge in [-0.3, -0.25) is 0 Å². The predicted octanol–water partition coefficient (Wildman–Crippen LogP) is 2.13. The van der Waals surface area contributed by atoms with Crippen LogP contribution in [0.15, 0.2) is 0 Å². The summed E-state index contributed by atoms with van der Waals surface area (Å²) in [5.41, 5.74) is 5.61. The van der Waals surface area contributed by atoms with E-state index in [0.717, 1.165) is 18.9 Å². The topological polar surface area (TPSA) is 53.0 Å². The molecule has 1 atom stereocenters. The molecule has 0 spiro atoms. The third-order valence-corrected chi connectivity index (χ3v) is 3.98. The van der Waals surface area contributed by atoms with E-state index in [1.165, 1.54) is 32.1 Å². The number of nitrogens with two attached hydrogens (primary N) is 1. The zero-order valence-electron chi connectivity index (χ0n) is 10.7. The fourth-order valence-corrected chi connectivity index (χ4v) is 2.58. The highest BCUT2D eigenvalue weighted by Gasteiger charge is 2.22. The first-order valence-electron chi connectivity index (χ1n) is 6.52. The molecule has 0 aromatic rings. The van der Waals surface area contributed by atoms with Gasteiger partial charge in [0.2, 0.25) is 0 Å². The Labute approximate surface area is 99.6 Å². The van der Waals surface area contributed by atoms with Crippen LogP contribution in [-0.4, -0.2) is 30.6 Å². The second kappa shape index (κ2) is 6.88. The first kappa shape index (κ1) is 13.5. The summed E-state index contributed by atoms with van der Waals surface area (Å²) >= 11 is 0. The van der Waals surface area contributed by atoms with Gasteiger partial charge in [0.1, 0.15) is 0 Å². The van der Waals surface area contributed by atoms with Crippen LogP contribution in [0.4, 0.5) is 0 Å². The lowest BCUT2D eigenvalue weighted by molar-refractivity contribution is 0.161. The molecule has 0 heterocycles. The number of nitriles is 1. The quantitative estimate of drug-likeness (QED) is 0.777. The van der Waals surface area contributed by atoms with Crippen molar-refractivity contribution in [1.29, 1.82) is 5.26 Å². The molecule has 1 rings (SSSR count).